The molecule has 1 fully saturated rings. The fraction of sp³-hybridized carbons (Fsp3) is 0.161. The molecule has 1 saturated carbocycles. The van der Waals surface area contributed by atoms with Gasteiger partial charge >= 0.3 is 0 Å². The lowest BCUT2D eigenvalue weighted by molar-refractivity contribution is 0.519. The molecule has 6 aromatic rings. The number of pyridine rings is 1. The average molecular weight is 472 g/mol. The molecule has 3 heterocycles. The molecule has 7 rings (SSSR count). The molecule has 1 aliphatic rings. The summed E-state index contributed by atoms with van der Waals surface area (Å²) in [6, 6.07) is 31.0. The first-order valence-electron chi connectivity index (χ1n) is 12.3. The van der Waals surface area contributed by atoms with Gasteiger partial charge in [-0.05, 0) is 54.8 Å². The van der Waals surface area contributed by atoms with Gasteiger partial charge in [0.15, 0.2) is 0 Å². The van der Waals surface area contributed by atoms with E-state index in [1.54, 1.807) is 11.3 Å². The maximum atomic E-state index is 4.84. The third-order valence-corrected chi connectivity index (χ3v) is 8.44. The zero-order valence-corrected chi connectivity index (χ0v) is 20.2. The third-order valence-electron chi connectivity index (χ3n) is 7.62. The summed E-state index contributed by atoms with van der Waals surface area (Å²) in [6.07, 6.45) is 8.60. The zero-order valence-electron chi connectivity index (χ0n) is 19.4. The van der Waals surface area contributed by atoms with Crippen molar-refractivity contribution in [1.82, 2.24) is 14.5 Å². The fourth-order valence-electron chi connectivity index (χ4n) is 6.01. The standard InChI is InChI=1S/C31H25N3S/c1-2-11-27-25(10-1)26-14-13-23(31(15-4-5-16-31)29-12-3-6-17-32-29)21-28(26)34(27)24-9-7-8-22(20-24)30-33-18-19-35-30/h1-3,6-14,17-21H,4-5,15-16H2. The van der Waals surface area contributed by atoms with Crippen LogP contribution in [0.25, 0.3) is 38.1 Å². The number of aromatic nitrogens is 3. The molecule has 170 valence electrons. The molecule has 3 aromatic heterocycles. The van der Waals surface area contributed by atoms with Crippen molar-refractivity contribution in [2.45, 2.75) is 31.1 Å². The number of fused-ring (bicyclic) bond motifs is 3. The Balaban J connectivity index is 1.49. The largest absolute Gasteiger partial charge is 0.309 e. The number of para-hydroxylation sites is 1. The molecule has 3 aromatic carbocycles. The van der Waals surface area contributed by atoms with Gasteiger partial charge in [-0.25, -0.2) is 4.98 Å². The van der Waals surface area contributed by atoms with Crippen LogP contribution >= 0.6 is 11.3 Å². The first kappa shape index (κ1) is 20.6. The third kappa shape index (κ3) is 3.24. The van der Waals surface area contributed by atoms with E-state index in [0.29, 0.717) is 0 Å². The van der Waals surface area contributed by atoms with Gasteiger partial charge in [-0.3, -0.25) is 4.98 Å². The van der Waals surface area contributed by atoms with E-state index in [1.807, 2.05) is 23.8 Å². The van der Waals surface area contributed by atoms with Gasteiger partial charge in [-0.2, -0.15) is 0 Å². The van der Waals surface area contributed by atoms with E-state index in [4.69, 9.17) is 4.98 Å². The van der Waals surface area contributed by atoms with E-state index in [-0.39, 0.29) is 5.41 Å². The summed E-state index contributed by atoms with van der Waals surface area (Å²) in [4.78, 5) is 9.39. The van der Waals surface area contributed by atoms with Gasteiger partial charge < -0.3 is 4.57 Å². The minimum absolute atomic E-state index is 0.0144. The Kier molecular flexibility index (Phi) is 4.81. The second kappa shape index (κ2) is 8.17. The van der Waals surface area contributed by atoms with E-state index in [2.05, 4.69) is 88.4 Å². The van der Waals surface area contributed by atoms with Crippen LogP contribution in [0.2, 0.25) is 0 Å². The maximum absolute atomic E-state index is 4.84. The van der Waals surface area contributed by atoms with Crippen LogP contribution in [0.4, 0.5) is 0 Å². The van der Waals surface area contributed by atoms with E-state index in [1.165, 1.54) is 51.6 Å². The number of benzene rings is 3. The second-order valence-electron chi connectivity index (χ2n) is 9.48. The number of hydrogen-bond acceptors (Lipinski definition) is 3. The Hall–Kier alpha value is -3.76. The normalized spacial score (nSPS) is 15.2. The van der Waals surface area contributed by atoms with Gasteiger partial charge in [0.05, 0.1) is 16.7 Å². The topological polar surface area (TPSA) is 30.7 Å². The smallest absolute Gasteiger partial charge is 0.123 e. The van der Waals surface area contributed by atoms with Crippen LogP contribution in [0, 0.1) is 0 Å². The van der Waals surface area contributed by atoms with Gasteiger partial charge in [0, 0.05) is 45.2 Å². The van der Waals surface area contributed by atoms with Crippen LogP contribution in [0.15, 0.2) is 103 Å². The molecular weight excluding hydrogens is 446 g/mol. The summed E-state index contributed by atoms with van der Waals surface area (Å²) in [6.45, 7) is 0. The lowest BCUT2D eigenvalue weighted by atomic mass is 9.75. The predicted octanol–water partition coefficient (Wildman–Crippen LogP) is 8.16. The highest BCUT2D eigenvalue weighted by atomic mass is 32.1. The van der Waals surface area contributed by atoms with Crippen molar-refractivity contribution >= 4 is 33.1 Å². The van der Waals surface area contributed by atoms with Crippen molar-refractivity contribution in [1.29, 1.82) is 0 Å². The van der Waals surface area contributed by atoms with E-state index < -0.39 is 0 Å². The molecule has 0 radical (unpaired) electrons. The van der Waals surface area contributed by atoms with E-state index >= 15 is 0 Å². The van der Waals surface area contributed by atoms with Crippen molar-refractivity contribution < 1.29 is 0 Å². The Morgan fingerprint density at radius 1 is 0.714 bits per heavy atom. The van der Waals surface area contributed by atoms with Gasteiger partial charge in [0.1, 0.15) is 5.01 Å². The van der Waals surface area contributed by atoms with Crippen LogP contribution in [0.3, 0.4) is 0 Å². The van der Waals surface area contributed by atoms with Gasteiger partial charge in [-0.1, -0.05) is 61.4 Å². The lowest BCUT2D eigenvalue weighted by Crippen LogP contribution is -2.25. The van der Waals surface area contributed by atoms with Crippen molar-refractivity contribution in [2.75, 3.05) is 0 Å². The molecule has 0 unspecified atom stereocenters. The van der Waals surface area contributed by atoms with Crippen LogP contribution in [-0.4, -0.2) is 14.5 Å². The minimum atomic E-state index is -0.0144. The summed E-state index contributed by atoms with van der Waals surface area (Å²) < 4.78 is 2.42. The molecule has 1 aliphatic carbocycles. The van der Waals surface area contributed by atoms with Crippen molar-refractivity contribution in [2.24, 2.45) is 0 Å². The molecule has 0 aliphatic heterocycles. The molecule has 0 atom stereocenters. The lowest BCUT2D eigenvalue weighted by Gasteiger charge is -2.29. The summed E-state index contributed by atoms with van der Waals surface area (Å²) in [5.41, 5.74) is 7.36. The zero-order chi connectivity index (χ0) is 23.2. The highest BCUT2D eigenvalue weighted by molar-refractivity contribution is 7.13. The second-order valence-corrected chi connectivity index (χ2v) is 10.4. The monoisotopic (exact) mass is 471 g/mol. The van der Waals surface area contributed by atoms with E-state index in [9.17, 15) is 0 Å². The number of nitrogens with zero attached hydrogens (tertiary/aromatic N) is 3. The van der Waals surface area contributed by atoms with Crippen LogP contribution in [0.1, 0.15) is 36.9 Å². The minimum Gasteiger partial charge on any atom is -0.309 e. The molecular formula is C31H25N3S. The first-order chi connectivity index (χ1) is 17.3. The van der Waals surface area contributed by atoms with Crippen molar-refractivity contribution in [3.63, 3.8) is 0 Å². The predicted molar refractivity (Wildman–Crippen MR) is 145 cm³/mol. The summed E-state index contributed by atoms with van der Waals surface area (Å²) in [7, 11) is 0. The number of rotatable bonds is 4. The van der Waals surface area contributed by atoms with Crippen molar-refractivity contribution in [3.8, 4) is 16.3 Å². The number of hydrogen-bond donors (Lipinski definition) is 0. The quantitative estimate of drug-likeness (QED) is 0.260. The Bertz CT molecular complexity index is 1640. The summed E-state index contributed by atoms with van der Waals surface area (Å²) in [5.74, 6) is 0. The Labute approximate surface area is 208 Å². The molecule has 0 saturated heterocycles. The molecule has 0 N–H and O–H groups in total. The molecule has 3 nitrogen and oxygen atoms in total. The summed E-state index contributed by atoms with van der Waals surface area (Å²) >= 11 is 1.68. The SMILES string of the molecule is c1ccc(C2(c3ccc4c5ccccc5n(-c5cccc(-c6nccs6)c5)c4c3)CCCC2)nc1. The Morgan fingerprint density at radius 2 is 1.57 bits per heavy atom. The molecule has 35 heavy (non-hydrogen) atoms. The van der Waals surface area contributed by atoms with Crippen LogP contribution in [0.5, 0.6) is 0 Å². The van der Waals surface area contributed by atoms with E-state index in [0.717, 1.165) is 23.4 Å². The van der Waals surface area contributed by atoms with Gasteiger partial charge in [0.25, 0.3) is 0 Å². The average Bonchev–Trinajstić information content (AvgIpc) is 3.69. The molecule has 0 amide bonds. The molecule has 0 bridgehead atoms. The highest BCUT2D eigenvalue weighted by Crippen LogP contribution is 2.47. The maximum Gasteiger partial charge on any atom is 0.123 e. The van der Waals surface area contributed by atoms with Crippen LogP contribution < -0.4 is 0 Å². The Morgan fingerprint density at radius 3 is 2.40 bits per heavy atom. The van der Waals surface area contributed by atoms with Crippen molar-refractivity contribution in [3.05, 3.63) is 114 Å². The number of thiazole rings is 1. The van der Waals surface area contributed by atoms with Crippen LogP contribution in [-0.2, 0) is 5.41 Å². The summed E-state index contributed by atoms with van der Waals surface area (Å²) in [5, 5.41) is 5.66. The highest BCUT2D eigenvalue weighted by Gasteiger charge is 2.38. The molecule has 4 heteroatoms. The first-order valence-corrected chi connectivity index (χ1v) is 13.2. The molecule has 0 spiro atoms. The fourth-order valence-corrected chi connectivity index (χ4v) is 6.64. The van der Waals surface area contributed by atoms with Gasteiger partial charge in [-0.15, -0.1) is 11.3 Å². The van der Waals surface area contributed by atoms with Gasteiger partial charge in [0.2, 0.25) is 0 Å².